The molecule has 0 unspecified atom stereocenters. The molecule has 0 amide bonds. The van der Waals surface area contributed by atoms with Crippen LogP contribution >= 0.6 is 32.1 Å². The fraction of sp³-hybridized carbons (Fsp3) is 0. The molecule has 9 heavy (non-hydrogen) atoms. The minimum atomic E-state index is -1.51. The van der Waals surface area contributed by atoms with Crippen molar-refractivity contribution in [2.75, 3.05) is 0 Å². The number of hydrogen-bond acceptors (Lipinski definition) is 3. The number of hydrogen-bond donors (Lipinski definition) is 0. The molecule has 0 aliphatic heterocycles. The zero-order chi connectivity index (χ0) is 6.28. The first-order valence-corrected chi connectivity index (χ1v) is 11.3. The predicted octanol–water partition coefficient (Wildman–Crippen LogP) is 3.91. The van der Waals surface area contributed by atoms with Crippen LogP contribution in [0.2, 0.25) is 0 Å². The molecule has 0 aromatic carbocycles. The zero-order valence-electron chi connectivity index (χ0n) is 3.87. The van der Waals surface area contributed by atoms with Crippen LogP contribution in [-0.2, 0) is 13.2 Å². The standard InChI is InChI=1S/BrH.2ClH.HNO2.2H2N.Pt/c;;;2-1-3;;;/h3*1H;(H,2,3);2*1H2;/q;;;;2*-1;+3/p-4. The molecule has 5 nitrogen and oxygen atoms in total. The van der Waals surface area contributed by atoms with E-state index in [9.17, 15) is 0 Å². The third-order valence-electron chi connectivity index (χ3n) is 0. The third kappa shape index (κ3) is 397. The Labute approximate surface area is 72.7 Å². The SMILES string of the molecule is O=N[O-].[Cl][Pt]([Cl])[Br].[NH2-].[NH2-]. The fourth-order valence-corrected chi connectivity index (χ4v) is 0. The Balaban J connectivity index is -0.0000000233. The molecule has 0 radical (unpaired) electrons. The molecule has 0 atom stereocenters. The molecule has 0 heterocycles. The van der Waals surface area contributed by atoms with Crippen LogP contribution in [-0.4, -0.2) is 0 Å². The molecule has 0 bridgehead atoms. The van der Waals surface area contributed by atoms with Gasteiger partial charge in [-0.1, -0.05) is 0 Å². The predicted molar refractivity (Wildman–Crippen MR) is 40.4 cm³/mol. The van der Waals surface area contributed by atoms with E-state index >= 15 is 0 Å². The minimum absolute atomic E-state index is 0. The molecule has 0 fully saturated rings. The summed E-state index contributed by atoms with van der Waals surface area (Å²) >= 11 is 1.45. The summed E-state index contributed by atoms with van der Waals surface area (Å²) in [5.74, 6) is 0. The van der Waals surface area contributed by atoms with Gasteiger partial charge in [0.25, 0.3) is 0 Å². The summed E-state index contributed by atoms with van der Waals surface area (Å²) in [6, 6.07) is 0. The number of halogens is 3. The van der Waals surface area contributed by atoms with Gasteiger partial charge in [-0.05, 0) is 0 Å². The summed E-state index contributed by atoms with van der Waals surface area (Å²) in [6.45, 7) is 0. The van der Waals surface area contributed by atoms with Crippen molar-refractivity contribution in [2.24, 2.45) is 5.34 Å². The van der Waals surface area contributed by atoms with Gasteiger partial charge in [-0.25, -0.2) is 0 Å². The molecule has 4 N–H and O–H groups in total. The van der Waals surface area contributed by atoms with Gasteiger partial charge < -0.3 is 22.4 Å². The van der Waals surface area contributed by atoms with Gasteiger partial charge in [0, 0.05) is 0 Å². The van der Waals surface area contributed by atoms with E-state index in [2.05, 4.69) is 13.3 Å². The first-order chi connectivity index (χ1) is 3.15. The molecule has 0 aromatic rings. The molecule has 9 heteroatoms. The Hall–Kier alpha value is 1.07. The maximum atomic E-state index is 8.00. The van der Waals surface area contributed by atoms with E-state index in [0.29, 0.717) is 0 Å². The summed E-state index contributed by atoms with van der Waals surface area (Å²) in [4.78, 5) is 8.00. The molecule has 65 valence electrons. The summed E-state index contributed by atoms with van der Waals surface area (Å²) in [5.41, 5.74) is 0. The minimum Gasteiger partial charge on any atom is -0.693 e. The van der Waals surface area contributed by atoms with E-state index in [0.717, 1.165) is 5.34 Å². The Kier molecular flexibility index (Phi) is 57.4. The van der Waals surface area contributed by atoms with Crippen molar-refractivity contribution in [1.82, 2.24) is 0 Å². The van der Waals surface area contributed by atoms with Crippen molar-refractivity contribution in [3.63, 3.8) is 0 Å². The Morgan fingerprint density at radius 1 is 1.44 bits per heavy atom. The first kappa shape index (κ1) is 22.5. The molecule has 0 aromatic heterocycles. The van der Waals surface area contributed by atoms with Crippen LogP contribution < -0.4 is 0 Å². The fourth-order valence-electron chi connectivity index (χ4n) is 0. The van der Waals surface area contributed by atoms with Crippen LogP contribution in [0.25, 0.3) is 12.3 Å². The molecule has 0 aliphatic rings. The van der Waals surface area contributed by atoms with E-state index in [1.807, 2.05) is 0 Å². The summed E-state index contributed by atoms with van der Waals surface area (Å²) in [7, 11) is 10.2. The Morgan fingerprint density at radius 2 is 1.44 bits per heavy atom. The Morgan fingerprint density at radius 3 is 1.44 bits per heavy atom. The number of rotatable bonds is 0. The second-order valence-electron chi connectivity index (χ2n) is 0.210. The molecule has 0 rings (SSSR count). The van der Waals surface area contributed by atoms with Crippen LogP contribution in [0, 0.1) is 10.1 Å². The van der Waals surface area contributed by atoms with Gasteiger partial charge in [0.15, 0.2) is 0 Å². The topological polar surface area (TPSA) is 119 Å². The molecular weight excluding hydrogens is 420 g/mol. The molecule has 0 aliphatic carbocycles. The second-order valence-corrected chi connectivity index (χ2v) is 14.9. The van der Waals surface area contributed by atoms with Crippen molar-refractivity contribution in [3.05, 3.63) is 22.4 Å². The largest absolute Gasteiger partial charge is 0.693 e. The van der Waals surface area contributed by atoms with E-state index in [4.69, 9.17) is 29.0 Å². The smallest absolute Gasteiger partial charge is 0.693 e. The van der Waals surface area contributed by atoms with Crippen LogP contribution in [0.5, 0.6) is 0 Å². The summed E-state index contributed by atoms with van der Waals surface area (Å²) < 4.78 is 0. The average Bonchev–Trinajstić information content (AvgIpc) is 1.33. The maximum absolute atomic E-state index is 8.00. The van der Waals surface area contributed by atoms with Gasteiger partial charge in [0.1, 0.15) is 0 Å². The van der Waals surface area contributed by atoms with Crippen LogP contribution in [0.15, 0.2) is 5.34 Å². The molecule has 0 saturated heterocycles. The monoisotopic (exact) mass is 422 g/mol. The quantitative estimate of drug-likeness (QED) is 0.433. The van der Waals surface area contributed by atoms with Gasteiger partial charge in [-0.2, -0.15) is 0 Å². The van der Waals surface area contributed by atoms with Gasteiger partial charge >= 0.3 is 45.3 Å². The normalized spacial score (nSPS) is 6.33. The Bertz CT molecular complexity index is 44.0. The summed E-state index contributed by atoms with van der Waals surface area (Å²) in [6.07, 6.45) is 0. The van der Waals surface area contributed by atoms with E-state index in [1.54, 1.807) is 0 Å². The maximum Gasteiger partial charge on any atom is -0.693 e. The van der Waals surface area contributed by atoms with Gasteiger partial charge in [-0.15, -0.1) is 5.34 Å². The van der Waals surface area contributed by atoms with Crippen LogP contribution in [0.3, 0.4) is 0 Å². The van der Waals surface area contributed by atoms with Gasteiger partial charge in [-0.3, -0.25) is 0 Å². The van der Waals surface area contributed by atoms with E-state index in [-0.39, 0.29) is 12.3 Å². The second kappa shape index (κ2) is 23.0. The van der Waals surface area contributed by atoms with Crippen molar-refractivity contribution in [3.8, 4) is 0 Å². The third-order valence-corrected chi connectivity index (χ3v) is 0. The van der Waals surface area contributed by atoms with Crippen LogP contribution in [0.4, 0.5) is 0 Å². The average molecular weight is 424 g/mol. The molecular formula is H4BrCl2N3O2Pt-3. The summed E-state index contributed by atoms with van der Waals surface area (Å²) in [5, 5.41) is 9.00. The first-order valence-electron chi connectivity index (χ1n) is 0.724. The number of nitrogens with zero attached hydrogens (tertiary/aromatic N) is 1. The van der Waals surface area contributed by atoms with Crippen molar-refractivity contribution < 1.29 is 13.2 Å². The zero-order valence-corrected chi connectivity index (χ0v) is 9.24. The number of nitrogens with two attached hydrogens (primary N) is 2. The van der Waals surface area contributed by atoms with Gasteiger partial charge in [0.05, 0.1) is 0 Å². The molecule has 0 saturated carbocycles. The molecule has 0 spiro atoms. The van der Waals surface area contributed by atoms with Crippen LogP contribution in [0.1, 0.15) is 0 Å². The van der Waals surface area contributed by atoms with E-state index < -0.39 is 13.2 Å². The van der Waals surface area contributed by atoms with Crippen molar-refractivity contribution in [2.45, 2.75) is 0 Å². The van der Waals surface area contributed by atoms with Gasteiger partial charge in [0.2, 0.25) is 0 Å². The van der Waals surface area contributed by atoms with Crippen molar-refractivity contribution in [1.29, 1.82) is 0 Å². The van der Waals surface area contributed by atoms with E-state index in [1.165, 1.54) is 0 Å². The van der Waals surface area contributed by atoms with Crippen molar-refractivity contribution >= 4 is 32.1 Å².